The van der Waals surface area contributed by atoms with Crippen molar-refractivity contribution in [1.82, 2.24) is 19.9 Å². The Labute approximate surface area is 164 Å². The molecule has 0 unspecified atom stereocenters. The standard InChI is InChI=1S/C20H15ClN4O3/c21-14-3-1-13(2-4-14)18-6-5-15(28-18)9-23-19(26)11-25-12-24-17-10-22-8-7-16(17)20(25)27/h1-8,10,12H,9,11H2,(H,23,26). The lowest BCUT2D eigenvalue weighted by molar-refractivity contribution is -0.121. The second-order valence-electron chi connectivity index (χ2n) is 6.12. The van der Waals surface area contributed by atoms with Crippen LogP contribution < -0.4 is 10.9 Å². The third-order valence-electron chi connectivity index (χ3n) is 4.19. The maximum atomic E-state index is 12.4. The maximum Gasteiger partial charge on any atom is 0.261 e. The molecule has 140 valence electrons. The summed E-state index contributed by atoms with van der Waals surface area (Å²) < 4.78 is 7.01. The summed E-state index contributed by atoms with van der Waals surface area (Å²) in [5, 5.41) is 3.81. The number of nitrogens with zero attached hydrogens (tertiary/aromatic N) is 3. The average molecular weight is 395 g/mol. The van der Waals surface area contributed by atoms with Gasteiger partial charge in [0.2, 0.25) is 5.91 Å². The van der Waals surface area contributed by atoms with Crippen LogP contribution >= 0.6 is 11.6 Å². The first kappa shape index (κ1) is 17.9. The van der Waals surface area contributed by atoms with Crippen molar-refractivity contribution in [2.24, 2.45) is 0 Å². The lowest BCUT2D eigenvalue weighted by Gasteiger charge is -2.07. The van der Waals surface area contributed by atoms with Crippen LogP contribution in [0.1, 0.15) is 5.76 Å². The van der Waals surface area contributed by atoms with Crippen molar-refractivity contribution in [3.8, 4) is 11.3 Å². The summed E-state index contributed by atoms with van der Waals surface area (Å²) in [7, 11) is 0. The molecule has 3 heterocycles. The summed E-state index contributed by atoms with van der Waals surface area (Å²) in [5.41, 5.74) is 1.10. The Morgan fingerprint density at radius 2 is 1.96 bits per heavy atom. The van der Waals surface area contributed by atoms with Gasteiger partial charge in [0, 0.05) is 16.8 Å². The fourth-order valence-corrected chi connectivity index (χ4v) is 2.89. The molecule has 0 fully saturated rings. The van der Waals surface area contributed by atoms with Crippen molar-refractivity contribution in [3.63, 3.8) is 0 Å². The van der Waals surface area contributed by atoms with E-state index < -0.39 is 0 Å². The smallest absolute Gasteiger partial charge is 0.261 e. The molecule has 4 rings (SSSR count). The number of pyridine rings is 1. The Kier molecular flexibility index (Phi) is 4.90. The largest absolute Gasteiger partial charge is 0.459 e. The van der Waals surface area contributed by atoms with Crippen molar-refractivity contribution in [1.29, 1.82) is 0 Å². The molecule has 28 heavy (non-hydrogen) atoms. The monoisotopic (exact) mass is 394 g/mol. The first-order chi connectivity index (χ1) is 13.6. The third kappa shape index (κ3) is 3.79. The van der Waals surface area contributed by atoms with Crippen LogP contribution in [0, 0.1) is 0 Å². The van der Waals surface area contributed by atoms with Crippen LogP contribution in [0.2, 0.25) is 5.02 Å². The van der Waals surface area contributed by atoms with Gasteiger partial charge in [0.1, 0.15) is 18.1 Å². The van der Waals surface area contributed by atoms with Crippen LogP contribution in [0.4, 0.5) is 0 Å². The van der Waals surface area contributed by atoms with Gasteiger partial charge in [0.25, 0.3) is 5.56 Å². The number of carbonyl (C=O) groups is 1. The normalized spacial score (nSPS) is 10.9. The van der Waals surface area contributed by atoms with Gasteiger partial charge < -0.3 is 9.73 Å². The molecule has 3 aromatic heterocycles. The molecular weight excluding hydrogens is 380 g/mol. The van der Waals surface area contributed by atoms with Crippen molar-refractivity contribution in [3.05, 3.63) is 82.3 Å². The van der Waals surface area contributed by atoms with Crippen LogP contribution in [0.5, 0.6) is 0 Å². The zero-order valence-corrected chi connectivity index (χ0v) is 15.4. The topological polar surface area (TPSA) is 90.0 Å². The molecule has 0 saturated carbocycles. The van der Waals surface area contributed by atoms with E-state index in [4.69, 9.17) is 16.0 Å². The van der Waals surface area contributed by atoms with E-state index in [2.05, 4.69) is 15.3 Å². The third-order valence-corrected chi connectivity index (χ3v) is 4.44. The highest BCUT2D eigenvalue weighted by Gasteiger charge is 2.10. The molecule has 7 nitrogen and oxygen atoms in total. The van der Waals surface area contributed by atoms with Crippen LogP contribution in [-0.4, -0.2) is 20.4 Å². The predicted molar refractivity (Wildman–Crippen MR) is 105 cm³/mol. The number of hydrogen-bond acceptors (Lipinski definition) is 5. The van der Waals surface area contributed by atoms with Crippen LogP contribution in [0.25, 0.3) is 22.2 Å². The van der Waals surface area contributed by atoms with Gasteiger partial charge in [-0.25, -0.2) is 4.98 Å². The van der Waals surface area contributed by atoms with Crippen LogP contribution in [-0.2, 0) is 17.9 Å². The van der Waals surface area contributed by atoms with Gasteiger partial charge in [0.05, 0.1) is 30.0 Å². The van der Waals surface area contributed by atoms with Gasteiger partial charge in [-0.3, -0.25) is 19.1 Å². The van der Waals surface area contributed by atoms with Crippen molar-refractivity contribution in [2.45, 2.75) is 13.1 Å². The quantitative estimate of drug-likeness (QED) is 0.562. The number of halogens is 1. The number of fused-ring (bicyclic) bond motifs is 1. The summed E-state index contributed by atoms with van der Waals surface area (Å²) >= 11 is 5.89. The fraction of sp³-hybridized carbons (Fsp3) is 0.100. The molecule has 0 saturated heterocycles. The van der Waals surface area contributed by atoms with E-state index in [0.29, 0.717) is 27.4 Å². The molecule has 1 aromatic carbocycles. The number of hydrogen-bond donors (Lipinski definition) is 1. The number of carbonyl (C=O) groups excluding carboxylic acids is 1. The van der Waals surface area contributed by atoms with Crippen LogP contribution in [0.3, 0.4) is 0 Å². The molecule has 0 atom stereocenters. The number of nitrogens with one attached hydrogen (secondary N) is 1. The number of benzene rings is 1. The molecule has 1 N–H and O–H groups in total. The highest BCUT2D eigenvalue weighted by Crippen LogP contribution is 2.23. The van der Waals surface area contributed by atoms with E-state index in [-0.39, 0.29) is 24.6 Å². The Bertz CT molecular complexity index is 1200. The van der Waals surface area contributed by atoms with E-state index in [1.54, 1.807) is 24.3 Å². The first-order valence-electron chi connectivity index (χ1n) is 8.51. The van der Waals surface area contributed by atoms with Gasteiger partial charge in [-0.05, 0) is 42.5 Å². The molecule has 0 aliphatic rings. The minimum absolute atomic E-state index is 0.130. The van der Waals surface area contributed by atoms with E-state index in [0.717, 1.165) is 5.56 Å². The lowest BCUT2D eigenvalue weighted by Crippen LogP contribution is -2.32. The summed E-state index contributed by atoms with van der Waals surface area (Å²) in [6.45, 7) is 0.0843. The molecule has 0 spiro atoms. The Morgan fingerprint density at radius 1 is 1.14 bits per heavy atom. The van der Waals surface area contributed by atoms with Crippen molar-refractivity contribution >= 4 is 28.4 Å². The van der Waals surface area contributed by atoms with Crippen molar-refractivity contribution in [2.75, 3.05) is 0 Å². The fourth-order valence-electron chi connectivity index (χ4n) is 2.76. The SMILES string of the molecule is O=C(Cn1cnc2cnccc2c1=O)NCc1ccc(-c2ccc(Cl)cc2)o1. The summed E-state index contributed by atoms with van der Waals surface area (Å²) in [6.07, 6.45) is 4.37. The number of aromatic nitrogens is 3. The Morgan fingerprint density at radius 3 is 2.79 bits per heavy atom. The molecule has 0 aliphatic carbocycles. The lowest BCUT2D eigenvalue weighted by atomic mass is 10.2. The Balaban J connectivity index is 1.41. The van der Waals surface area contributed by atoms with Gasteiger partial charge in [-0.15, -0.1) is 0 Å². The molecule has 8 heteroatoms. The van der Waals surface area contributed by atoms with E-state index in [1.807, 2.05) is 18.2 Å². The molecular formula is C20H15ClN4O3. The zero-order valence-electron chi connectivity index (χ0n) is 14.6. The molecule has 0 aliphatic heterocycles. The van der Waals surface area contributed by atoms with Gasteiger partial charge in [-0.1, -0.05) is 11.6 Å². The number of rotatable bonds is 5. The van der Waals surface area contributed by atoms with Gasteiger partial charge in [0.15, 0.2) is 0 Å². The summed E-state index contributed by atoms with van der Waals surface area (Å²) in [6, 6.07) is 12.5. The average Bonchev–Trinajstić information content (AvgIpc) is 3.18. The van der Waals surface area contributed by atoms with E-state index in [1.165, 1.54) is 23.3 Å². The second-order valence-corrected chi connectivity index (χ2v) is 6.56. The van der Waals surface area contributed by atoms with E-state index in [9.17, 15) is 9.59 Å². The predicted octanol–water partition coefficient (Wildman–Crippen LogP) is 3.02. The second kappa shape index (κ2) is 7.66. The molecule has 4 aromatic rings. The van der Waals surface area contributed by atoms with Crippen LogP contribution in [0.15, 0.2) is 70.4 Å². The summed E-state index contributed by atoms with van der Waals surface area (Å²) in [4.78, 5) is 32.7. The highest BCUT2D eigenvalue weighted by atomic mass is 35.5. The minimum Gasteiger partial charge on any atom is -0.459 e. The van der Waals surface area contributed by atoms with E-state index >= 15 is 0 Å². The maximum absolute atomic E-state index is 12.4. The number of furan rings is 1. The highest BCUT2D eigenvalue weighted by molar-refractivity contribution is 6.30. The van der Waals surface area contributed by atoms with Gasteiger partial charge >= 0.3 is 0 Å². The minimum atomic E-state index is -0.318. The molecule has 0 bridgehead atoms. The molecule has 0 radical (unpaired) electrons. The summed E-state index contributed by atoms with van der Waals surface area (Å²) in [5.74, 6) is 0.972. The van der Waals surface area contributed by atoms with Gasteiger partial charge in [-0.2, -0.15) is 0 Å². The van der Waals surface area contributed by atoms with Crippen molar-refractivity contribution < 1.29 is 9.21 Å². The number of amides is 1. The first-order valence-corrected chi connectivity index (χ1v) is 8.88. The zero-order chi connectivity index (χ0) is 19.5. The molecule has 1 amide bonds. The Hall–Kier alpha value is -3.45.